The van der Waals surface area contributed by atoms with Crippen molar-refractivity contribution in [1.29, 1.82) is 0 Å². The second-order valence-electron chi connectivity index (χ2n) is 10.6. The van der Waals surface area contributed by atoms with E-state index in [1.807, 2.05) is 0 Å². The highest BCUT2D eigenvalue weighted by atomic mass is 35.5. The Morgan fingerprint density at radius 1 is 1.00 bits per heavy atom. The number of hydrogen-bond acceptors (Lipinski definition) is 2. The zero-order valence-corrected chi connectivity index (χ0v) is 23.4. The van der Waals surface area contributed by atoms with Gasteiger partial charge in [0.2, 0.25) is 0 Å². The molecule has 190 valence electrons. The van der Waals surface area contributed by atoms with Crippen LogP contribution in [0.25, 0.3) is 11.1 Å². The molecule has 3 aromatic carbocycles. The van der Waals surface area contributed by atoms with Crippen molar-refractivity contribution in [3.63, 3.8) is 0 Å². The van der Waals surface area contributed by atoms with E-state index < -0.39 is 5.82 Å². The van der Waals surface area contributed by atoms with E-state index in [4.69, 9.17) is 27.9 Å². The van der Waals surface area contributed by atoms with Crippen LogP contribution >= 0.6 is 23.2 Å². The molecule has 36 heavy (non-hydrogen) atoms. The molecule has 1 aliphatic rings. The molecule has 0 fully saturated rings. The molecule has 0 radical (unpaired) electrons. The van der Waals surface area contributed by atoms with Crippen LogP contribution < -0.4 is 0 Å². The van der Waals surface area contributed by atoms with Gasteiger partial charge in [0, 0.05) is 18.7 Å². The lowest BCUT2D eigenvalue weighted by molar-refractivity contribution is -0.0530. The Hall–Kier alpha value is -2.40. The van der Waals surface area contributed by atoms with Crippen LogP contribution in [0.2, 0.25) is 10.0 Å². The molecule has 1 heterocycles. The first-order chi connectivity index (χ1) is 16.8. The highest BCUT2D eigenvalue weighted by Gasteiger charge is 2.33. The predicted molar refractivity (Wildman–Crippen MR) is 145 cm³/mol. The topological polar surface area (TPSA) is 29.5 Å². The maximum Gasteiger partial charge on any atom is 0.254 e. The van der Waals surface area contributed by atoms with Crippen molar-refractivity contribution in [2.75, 3.05) is 0 Å². The van der Waals surface area contributed by atoms with Crippen LogP contribution in [0.1, 0.15) is 77.5 Å². The van der Waals surface area contributed by atoms with Crippen LogP contribution in [0.15, 0.2) is 36.4 Å². The van der Waals surface area contributed by atoms with E-state index >= 15 is 0 Å². The minimum absolute atomic E-state index is 0.0289. The molecule has 1 amide bonds. The van der Waals surface area contributed by atoms with Gasteiger partial charge in [-0.15, -0.1) is 0 Å². The van der Waals surface area contributed by atoms with Gasteiger partial charge in [-0.2, -0.15) is 0 Å². The molecule has 0 aliphatic carbocycles. The Labute approximate surface area is 223 Å². The smallest absolute Gasteiger partial charge is 0.254 e. The highest BCUT2D eigenvalue weighted by molar-refractivity contribution is 6.42. The van der Waals surface area contributed by atoms with Gasteiger partial charge >= 0.3 is 0 Å². The molecule has 0 saturated carbocycles. The fourth-order valence-corrected chi connectivity index (χ4v) is 5.53. The first-order valence-corrected chi connectivity index (χ1v) is 12.9. The number of amides is 1. The van der Waals surface area contributed by atoms with Gasteiger partial charge in [0.1, 0.15) is 5.82 Å². The van der Waals surface area contributed by atoms with Gasteiger partial charge in [-0.3, -0.25) is 4.79 Å². The Kier molecular flexibility index (Phi) is 7.27. The molecule has 0 aromatic heterocycles. The van der Waals surface area contributed by atoms with Crippen molar-refractivity contribution < 1.29 is 13.9 Å². The summed E-state index contributed by atoms with van der Waals surface area (Å²) in [5, 5.41) is -0.147. The molecular formula is C30H32Cl2FNO2. The molecule has 0 unspecified atom stereocenters. The van der Waals surface area contributed by atoms with Crippen molar-refractivity contribution in [3.8, 4) is 11.1 Å². The summed E-state index contributed by atoms with van der Waals surface area (Å²) in [7, 11) is 0. The minimum atomic E-state index is -0.700. The van der Waals surface area contributed by atoms with E-state index in [2.05, 4.69) is 72.7 Å². The summed E-state index contributed by atoms with van der Waals surface area (Å²) in [5.74, 6) is -0.978. The van der Waals surface area contributed by atoms with Gasteiger partial charge in [-0.25, -0.2) is 4.39 Å². The summed E-state index contributed by atoms with van der Waals surface area (Å²) in [6, 6.07) is 11.1. The third kappa shape index (κ3) is 5.04. The number of carbonyl (C=O) groups excluding carboxylic acids is 1. The zero-order chi connectivity index (χ0) is 26.5. The second kappa shape index (κ2) is 9.81. The molecule has 1 aliphatic heterocycles. The molecule has 4 rings (SSSR count). The third-order valence-electron chi connectivity index (χ3n) is 6.81. The molecule has 6 heteroatoms. The van der Waals surface area contributed by atoms with E-state index in [-0.39, 0.29) is 33.2 Å². The molecule has 0 saturated heterocycles. The first-order valence-electron chi connectivity index (χ1n) is 12.1. The predicted octanol–water partition coefficient (Wildman–Crippen LogP) is 8.76. The van der Waals surface area contributed by atoms with Crippen molar-refractivity contribution in [2.24, 2.45) is 0 Å². The fourth-order valence-electron chi connectivity index (χ4n) is 5.22. The quantitative estimate of drug-likeness (QED) is 0.317. The van der Waals surface area contributed by atoms with Crippen molar-refractivity contribution in [2.45, 2.75) is 73.3 Å². The average Bonchev–Trinajstić information content (AvgIpc) is 3.24. The summed E-state index contributed by atoms with van der Waals surface area (Å²) in [4.78, 5) is 15.1. The normalized spacial score (nSPS) is 14.2. The van der Waals surface area contributed by atoms with Crippen LogP contribution in [0, 0.1) is 26.6 Å². The summed E-state index contributed by atoms with van der Waals surface area (Å²) in [5.41, 5.74) is 8.99. The van der Waals surface area contributed by atoms with Crippen molar-refractivity contribution in [1.82, 2.24) is 4.90 Å². The summed E-state index contributed by atoms with van der Waals surface area (Å²) >= 11 is 11.9. The number of aryl methyl sites for hydroxylation is 1. The van der Waals surface area contributed by atoms with Gasteiger partial charge in [-0.1, -0.05) is 53.0 Å². The molecular weight excluding hydrogens is 496 g/mol. The van der Waals surface area contributed by atoms with Gasteiger partial charge in [0.25, 0.3) is 5.91 Å². The molecule has 0 N–H and O–H groups in total. The number of benzene rings is 3. The van der Waals surface area contributed by atoms with Crippen LogP contribution in [0.5, 0.6) is 0 Å². The number of rotatable bonds is 4. The lowest BCUT2D eigenvalue weighted by atomic mass is 9.83. The Balaban J connectivity index is 1.82. The molecule has 0 spiro atoms. The van der Waals surface area contributed by atoms with Crippen molar-refractivity contribution >= 4 is 29.1 Å². The number of ether oxygens (including phenoxy) is 1. The Bertz CT molecular complexity index is 1320. The number of hydrogen-bond donors (Lipinski definition) is 0. The van der Waals surface area contributed by atoms with E-state index in [1.165, 1.54) is 11.6 Å². The number of fused-ring (bicyclic) bond motifs is 1. The van der Waals surface area contributed by atoms with Gasteiger partial charge in [0.05, 0.1) is 21.8 Å². The van der Waals surface area contributed by atoms with Crippen LogP contribution in [0.3, 0.4) is 0 Å². The summed E-state index contributed by atoms with van der Waals surface area (Å²) < 4.78 is 20.7. The monoisotopic (exact) mass is 527 g/mol. The SMILES string of the molecule is Cc1ccc(-c2c(C)c3c(c(C)c2[C@@H](C)OC(C)(C)C)CN(C(=O)c2cc(F)c(Cl)c(Cl)c2)C3)cc1. The Morgan fingerprint density at radius 3 is 2.14 bits per heavy atom. The molecule has 3 nitrogen and oxygen atoms in total. The largest absolute Gasteiger partial charge is 0.368 e. The second-order valence-corrected chi connectivity index (χ2v) is 11.4. The Morgan fingerprint density at radius 2 is 1.58 bits per heavy atom. The number of carbonyl (C=O) groups is 1. The number of halogens is 3. The van der Waals surface area contributed by atoms with Crippen LogP contribution in [-0.4, -0.2) is 16.4 Å². The van der Waals surface area contributed by atoms with E-state index in [0.717, 1.165) is 45.0 Å². The van der Waals surface area contributed by atoms with Crippen molar-refractivity contribution in [3.05, 3.63) is 91.2 Å². The summed E-state index contributed by atoms with van der Waals surface area (Å²) in [6.45, 7) is 15.4. The van der Waals surface area contributed by atoms with Crippen LogP contribution in [-0.2, 0) is 17.8 Å². The summed E-state index contributed by atoms with van der Waals surface area (Å²) in [6.07, 6.45) is -0.153. The standard InChI is InChI=1S/C30H32Cl2FNO2/c1-16-8-10-20(11-9-16)27-18(3)23-15-34(29(35)21-12-24(31)28(32)25(33)13-21)14-22(23)17(2)26(27)19(4)36-30(5,6)7/h8-13,19H,14-15H2,1-7H3/t19-/m1/s1. The fraction of sp³-hybridized carbons (Fsp3) is 0.367. The molecule has 1 atom stereocenters. The average molecular weight is 528 g/mol. The maximum atomic E-state index is 14.2. The lowest BCUT2D eigenvalue weighted by Gasteiger charge is -2.30. The lowest BCUT2D eigenvalue weighted by Crippen LogP contribution is -2.25. The van der Waals surface area contributed by atoms with Gasteiger partial charge in [-0.05, 0) is 99.5 Å². The van der Waals surface area contributed by atoms with Gasteiger partial charge < -0.3 is 9.64 Å². The minimum Gasteiger partial charge on any atom is -0.368 e. The molecule has 3 aromatic rings. The van der Waals surface area contributed by atoms with Gasteiger partial charge in [0.15, 0.2) is 0 Å². The van der Waals surface area contributed by atoms with Crippen LogP contribution in [0.4, 0.5) is 4.39 Å². The first kappa shape index (κ1) is 26.7. The zero-order valence-electron chi connectivity index (χ0n) is 21.9. The van der Waals surface area contributed by atoms with E-state index in [9.17, 15) is 9.18 Å². The van der Waals surface area contributed by atoms with E-state index in [1.54, 1.807) is 4.90 Å². The van der Waals surface area contributed by atoms with E-state index in [0.29, 0.717) is 13.1 Å². The molecule has 0 bridgehead atoms. The third-order valence-corrected chi connectivity index (χ3v) is 7.59. The highest BCUT2D eigenvalue weighted by Crippen LogP contribution is 2.43. The maximum absolute atomic E-state index is 14.2. The number of nitrogens with zero attached hydrogens (tertiary/aromatic N) is 1.